The minimum atomic E-state index is -0.823. The lowest BCUT2D eigenvalue weighted by Gasteiger charge is -2.26. The predicted molar refractivity (Wildman–Crippen MR) is 123 cm³/mol. The molecule has 0 bridgehead atoms. The van der Waals surface area contributed by atoms with Gasteiger partial charge in [0.25, 0.3) is 11.7 Å². The van der Waals surface area contributed by atoms with Gasteiger partial charge in [-0.1, -0.05) is 18.2 Å². The number of benzene rings is 2. The van der Waals surface area contributed by atoms with Crippen LogP contribution in [0.1, 0.15) is 28.3 Å². The Labute approximate surface area is 191 Å². The third-order valence-electron chi connectivity index (χ3n) is 5.76. The highest BCUT2D eigenvalue weighted by molar-refractivity contribution is 6.46. The fraction of sp³-hybridized carbons (Fsp3) is 0.192. The van der Waals surface area contributed by atoms with E-state index in [9.17, 15) is 14.7 Å². The second-order valence-electron chi connectivity index (χ2n) is 7.71. The quantitative estimate of drug-likeness (QED) is 0.351. The number of aliphatic hydroxyl groups is 1. The number of aromatic nitrogens is 1. The lowest BCUT2D eigenvalue weighted by Crippen LogP contribution is -2.29. The van der Waals surface area contributed by atoms with E-state index in [0.717, 1.165) is 5.56 Å². The van der Waals surface area contributed by atoms with Gasteiger partial charge in [0, 0.05) is 30.1 Å². The summed E-state index contributed by atoms with van der Waals surface area (Å²) in [4.78, 5) is 31.9. The number of rotatable bonds is 6. The number of aryl methyl sites for hydroxylation is 1. The van der Waals surface area contributed by atoms with Gasteiger partial charge >= 0.3 is 0 Å². The number of Topliss-reactive ketones (excluding diaryl/α,β-unsaturated/α-hetero) is 1. The highest BCUT2D eigenvalue weighted by atomic mass is 16.5. The number of pyridine rings is 1. The van der Waals surface area contributed by atoms with Crippen LogP contribution >= 0.6 is 0 Å². The third-order valence-corrected chi connectivity index (χ3v) is 5.76. The topological polar surface area (TPSA) is 89.0 Å². The van der Waals surface area contributed by atoms with Gasteiger partial charge in [-0.2, -0.15) is 0 Å². The summed E-state index contributed by atoms with van der Waals surface area (Å²) < 4.78 is 10.8. The van der Waals surface area contributed by atoms with Gasteiger partial charge in [-0.05, 0) is 54.4 Å². The number of carbonyl (C=O) groups is 2. The molecule has 33 heavy (non-hydrogen) atoms. The minimum Gasteiger partial charge on any atom is -0.507 e. The summed E-state index contributed by atoms with van der Waals surface area (Å²) in [6.45, 7) is 1.98. The molecule has 1 aliphatic heterocycles. The van der Waals surface area contributed by atoms with E-state index in [1.165, 1.54) is 12.0 Å². The van der Waals surface area contributed by atoms with Gasteiger partial charge in [-0.15, -0.1) is 0 Å². The zero-order chi connectivity index (χ0) is 23.5. The van der Waals surface area contributed by atoms with E-state index >= 15 is 0 Å². The number of likely N-dealkylation sites (tertiary alicyclic amines) is 1. The molecule has 1 aliphatic rings. The molecule has 0 radical (unpaired) electrons. The van der Waals surface area contributed by atoms with Crippen molar-refractivity contribution < 1.29 is 24.2 Å². The van der Waals surface area contributed by atoms with Crippen molar-refractivity contribution in [2.45, 2.75) is 19.5 Å². The first kappa shape index (κ1) is 22.1. The van der Waals surface area contributed by atoms with Crippen LogP contribution in [-0.2, 0) is 16.1 Å². The molecule has 1 N–H and O–H groups in total. The minimum absolute atomic E-state index is 0.0202. The maximum atomic E-state index is 13.3. The summed E-state index contributed by atoms with van der Waals surface area (Å²) in [5.41, 5.74) is 2.61. The Morgan fingerprint density at radius 2 is 1.76 bits per heavy atom. The average molecular weight is 444 g/mol. The molecule has 0 aliphatic carbocycles. The van der Waals surface area contributed by atoms with E-state index < -0.39 is 17.7 Å². The van der Waals surface area contributed by atoms with Gasteiger partial charge in [0.05, 0.1) is 25.8 Å². The normalized spacial score (nSPS) is 17.3. The molecule has 1 atom stereocenters. The molecule has 168 valence electrons. The molecule has 1 saturated heterocycles. The molecule has 0 spiro atoms. The maximum Gasteiger partial charge on any atom is 0.295 e. The van der Waals surface area contributed by atoms with Crippen molar-refractivity contribution in [1.29, 1.82) is 0 Å². The second kappa shape index (κ2) is 9.16. The second-order valence-corrected chi connectivity index (χ2v) is 7.71. The van der Waals surface area contributed by atoms with Crippen LogP contribution in [0.5, 0.6) is 11.5 Å². The Morgan fingerprint density at radius 1 is 1.03 bits per heavy atom. The largest absolute Gasteiger partial charge is 0.507 e. The lowest BCUT2D eigenvalue weighted by molar-refractivity contribution is -0.140. The average Bonchev–Trinajstić information content (AvgIpc) is 3.09. The number of methoxy groups -OCH3 is 2. The van der Waals surface area contributed by atoms with E-state index in [1.807, 2.05) is 19.1 Å². The van der Waals surface area contributed by atoms with E-state index in [2.05, 4.69) is 4.98 Å². The van der Waals surface area contributed by atoms with Crippen LogP contribution in [0.15, 0.2) is 72.6 Å². The van der Waals surface area contributed by atoms with Crippen LogP contribution in [0, 0.1) is 6.92 Å². The molecule has 1 amide bonds. The van der Waals surface area contributed by atoms with Gasteiger partial charge in [-0.25, -0.2) is 0 Å². The molecule has 2 aromatic carbocycles. The Hall–Kier alpha value is -4.13. The van der Waals surface area contributed by atoms with Crippen molar-refractivity contribution >= 4 is 17.4 Å². The molecule has 4 rings (SSSR count). The molecular weight excluding hydrogens is 420 g/mol. The van der Waals surface area contributed by atoms with Crippen LogP contribution in [-0.4, -0.2) is 40.9 Å². The Bertz CT molecular complexity index is 1240. The number of ether oxygens (including phenoxy) is 2. The summed E-state index contributed by atoms with van der Waals surface area (Å²) in [7, 11) is 3.09. The summed E-state index contributed by atoms with van der Waals surface area (Å²) >= 11 is 0. The standard InChI is InChI=1S/C26H24N2O5/c1-16-14-18(32-2)8-9-19(16)24(29)22-23(20-6-4-5-7-21(20)33-3)28(26(31)25(22)30)15-17-10-12-27-13-11-17/h4-14,23,29H,15H2,1-3H3/b24-22+. The molecular formula is C26H24N2O5. The first-order valence-corrected chi connectivity index (χ1v) is 10.4. The summed E-state index contributed by atoms with van der Waals surface area (Å²) in [6, 6.07) is 15.1. The van der Waals surface area contributed by atoms with Crippen LogP contribution in [0.4, 0.5) is 0 Å². The van der Waals surface area contributed by atoms with Crippen molar-refractivity contribution in [3.05, 3.63) is 94.8 Å². The number of hydrogen-bond donors (Lipinski definition) is 1. The summed E-state index contributed by atoms with van der Waals surface area (Å²) in [6.07, 6.45) is 3.26. The molecule has 2 heterocycles. The van der Waals surface area contributed by atoms with Crippen LogP contribution in [0.2, 0.25) is 0 Å². The highest BCUT2D eigenvalue weighted by Gasteiger charge is 2.47. The van der Waals surface area contributed by atoms with Gasteiger partial charge in [-0.3, -0.25) is 14.6 Å². The zero-order valence-corrected chi connectivity index (χ0v) is 18.6. The molecule has 1 aromatic heterocycles. The maximum absolute atomic E-state index is 13.3. The fourth-order valence-electron chi connectivity index (χ4n) is 4.12. The number of carbonyl (C=O) groups excluding carboxylic acids is 2. The van der Waals surface area contributed by atoms with Crippen LogP contribution in [0.3, 0.4) is 0 Å². The number of amides is 1. The number of aliphatic hydroxyl groups excluding tert-OH is 1. The molecule has 7 heteroatoms. The molecule has 3 aromatic rings. The number of ketones is 1. The highest BCUT2D eigenvalue weighted by Crippen LogP contribution is 2.43. The number of nitrogens with zero attached hydrogens (tertiary/aromatic N) is 2. The zero-order valence-electron chi connectivity index (χ0n) is 18.6. The van der Waals surface area contributed by atoms with Crippen molar-refractivity contribution in [3.63, 3.8) is 0 Å². The summed E-state index contributed by atoms with van der Waals surface area (Å²) in [5.74, 6) is -0.519. The summed E-state index contributed by atoms with van der Waals surface area (Å²) in [5, 5.41) is 11.3. The third kappa shape index (κ3) is 4.05. The SMILES string of the molecule is COc1ccc(/C(O)=C2\C(=O)C(=O)N(Cc3ccncc3)C2c2ccccc2OC)c(C)c1. The van der Waals surface area contributed by atoms with Crippen molar-refractivity contribution in [1.82, 2.24) is 9.88 Å². The van der Waals surface area contributed by atoms with Crippen molar-refractivity contribution in [2.75, 3.05) is 14.2 Å². The van der Waals surface area contributed by atoms with Gasteiger partial charge in [0.1, 0.15) is 17.3 Å². The Balaban J connectivity index is 1.91. The van der Waals surface area contributed by atoms with E-state index in [0.29, 0.717) is 28.2 Å². The first-order chi connectivity index (χ1) is 16.0. The monoisotopic (exact) mass is 444 g/mol. The molecule has 1 fully saturated rings. The van der Waals surface area contributed by atoms with Crippen LogP contribution in [0.25, 0.3) is 5.76 Å². The Kier molecular flexibility index (Phi) is 6.13. The van der Waals surface area contributed by atoms with E-state index in [-0.39, 0.29) is 17.9 Å². The van der Waals surface area contributed by atoms with Gasteiger partial charge < -0.3 is 19.5 Å². The number of hydrogen-bond acceptors (Lipinski definition) is 6. The number of para-hydroxylation sites is 1. The molecule has 1 unspecified atom stereocenters. The van der Waals surface area contributed by atoms with E-state index in [4.69, 9.17) is 9.47 Å². The van der Waals surface area contributed by atoms with Crippen molar-refractivity contribution in [2.24, 2.45) is 0 Å². The van der Waals surface area contributed by atoms with E-state index in [1.54, 1.807) is 62.0 Å². The van der Waals surface area contributed by atoms with Gasteiger partial charge in [0.2, 0.25) is 0 Å². The fourth-order valence-corrected chi connectivity index (χ4v) is 4.12. The van der Waals surface area contributed by atoms with Gasteiger partial charge in [0.15, 0.2) is 0 Å². The predicted octanol–water partition coefficient (Wildman–Crippen LogP) is 4.03. The smallest absolute Gasteiger partial charge is 0.295 e. The molecule has 0 saturated carbocycles. The van der Waals surface area contributed by atoms with Crippen molar-refractivity contribution in [3.8, 4) is 11.5 Å². The Morgan fingerprint density at radius 3 is 2.42 bits per heavy atom. The first-order valence-electron chi connectivity index (χ1n) is 10.4. The lowest BCUT2D eigenvalue weighted by atomic mass is 9.93. The van der Waals surface area contributed by atoms with Crippen LogP contribution < -0.4 is 9.47 Å². The molecule has 7 nitrogen and oxygen atoms in total.